The number of hydrogen-bond acceptors (Lipinski definition) is 4. The van der Waals surface area contributed by atoms with Gasteiger partial charge in [-0.25, -0.2) is 4.79 Å². The van der Waals surface area contributed by atoms with Crippen LogP contribution in [0.4, 0.5) is 0 Å². The molecule has 0 radical (unpaired) electrons. The maximum absolute atomic E-state index is 10.5. The van der Waals surface area contributed by atoms with Gasteiger partial charge in [-0.2, -0.15) is 0 Å². The molecule has 0 bridgehead atoms. The highest BCUT2D eigenvalue weighted by atomic mass is 16.5. The Morgan fingerprint density at radius 1 is 1.33 bits per heavy atom. The van der Waals surface area contributed by atoms with Crippen LogP contribution in [0.2, 0.25) is 0 Å². The first-order valence-corrected chi connectivity index (χ1v) is 3.18. The Labute approximate surface area is 69.5 Å². The Morgan fingerprint density at radius 2 is 1.92 bits per heavy atom. The van der Waals surface area contributed by atoms with Crippen molar-refractivity contribution in [3.8, 4) is 0 Å². The van der Waals surface area contributed by atoms with E-state index in [2.05, 4.69) is 4.74 Å². The first kappa shape index (κ1) is 10.3. The third-order valence-corrected chi connectivity index (χ3v) is 0.808. The van der Waals surface area contributed by atoms with Gasteiger partial charge >= 0.3 is 5.97 Å². The van der Waals surface area contributed by atoms with E-state index < -0.39 is 5.97 Å². The van der Waals surface area contributed by atoms with Crippen molar-refractivity contribution in [2.75, 3.05) is 0 Å². The van der Waals surface area contributed by atoms with Crippen molar-refractivity contribution in [1.29, 1.82) is 0 Å². The van der Waals surface area contributed by atoms with Crippen molar-refractivity contribution < 1.29 is 19.1 Å². The second-order valence-corrected chi connectivity index (χ2v) is 2.01. The molecule has 0 unspecified atom stereocenters. The van der Waals surface area contributed by atoms with Gasteiger partial charge in [-0.3, -0.25) is 9.59 Å². The molecular weight excluding hydrogens is 160 g/mol. The molecule has 0 aromatic rings. The fourth-order valence-electron chi connectivity index (χ4n) is 0.525. The van der Waals surface area contributed by atoms with E-state index in [0.717, 1.165) is 12.2 Å². The normalized spacial score (nSPS) is 10.0. The third kappa shape index (κ3) is 5.14. The second kappa shape index (κ2) is 5.04. The molecule has 0 amide bonds. The lowest BCUT2D eigenvalue weighted by atomic mass is 10.3. The van der Waals surface area contributed by atoms with Gasteiger partial charge < -0.3 is 4.74 Å². The summed E-state index contributed by atoms with van der Waals surface area (Å²) in [5, 5.41) is 0. The summed E-state index contributed by atoms with van der Waals surface area (Å²) in [4.78, 5) is 30.7. The summed E-state index contributed by atoms with van der Waals surface area (Å²) in [6, 6.07) is 0. The Kier molecular flexibility index (Phi) is 4.34. The smallest absolute Gasteiger partial charge is 0.308 e. The van der Waals surface area contributed by atoms with E-state index in [-0.39, 0.29) is 11.5 Å². The number of ketones is 1. The molecule has 0 rings (SSSR count). The molecule has 0 atom stereocenters. The van der Waals surface area contributed by atoms with E-state index in [1.807, 2.05) is 0 Å². The number of rotatable bonds is 3. The lowest BCUT2D eigenvalue weighted by Gasteiger charge is -1.97. The minimum absolute atomic E-state index is 0.0926. The minimum Gasteiger partial charge on any atom is -0.426 e. The van der Waals surface area contributed by atoms with Crippen LogP contribution in [0.5, 0.6) is 0 Å². The van der Waals surface area contributed by atoms with Crippen molar-refractivity contribution in [3.63, 3.8) is 0 Å². The SMILES string of the molecule is CC(=O)/C=C(/C=C=O)OC(C)=O. The van der Waals surface area contributed by atoms with Crippen molar-refractivity contribution in [2.45, 2.75) is 13.8 Å². The van der Waals surface area contributed by atoms with Crippen LogP contribution < -0.4 is 0 Å². The number of ether oxygens (including phenoxy) is 1. The Morgan fingerprint density at radius 3 is 2.25 bits per heavy atom. The van der Waals surface area contributed by atoms with E-state index in [9.17, 15) is 14.4 Å². The summed E-state index contributed by atoms with van der Waals surface area (Å²) < 4.78 is 4.48. The van der Waals surface area contributed by atoms with Crippen molar-refractivity contribution in [1.82, 2.24) is 0 Å². The van der Waals surface area contributed by atoms with Gasteiger partial charge in [0.2, 0.25) is 0 Å². The van der Waals surface area contributed by atoms with Crippen LogP contribution in [0, 0.1) is 0 Å². The topological polar surface area (TPSA) is 60.4 Å². The van der Waals surface area contributed by atoms with Crippen LogP contribution in [0.25, 0.3) is 0 Å². The van der Waals surface area contributed by atoms with E-state index in [0.29, 0.717) is 0 Å². The van der Waals surface area contributed by atoms with Gasteiger partial charge in [0.1, 0.15) is 11.7 Å². The number of esters is 1. The van der Waals surface area contributed by atoms with E-state index in [4.69, 9.17) is 0 Å². The fourth-order valence-corrected chi connectivity index (χ4v) is 0.525. The number of allylic oxidation sites excluding steroid dienone is 2. The van der Waals surface area contributed by atoms with Crippen molar-refractivity contribution >= 4 is 17.7 Å². The average molecular weight is 168 g/mol. The van der Waals surface area contributed by atoms with Gasteiger partial charge in [-0.05, 0) is 6.92 Å². The molecule has 0 spiro atoms. The maximum Gasteiger partial charge on any atom is 0.308 e. The summed E-state index contributed by atoms with van der Waals surface area (Å²) in [5.74, 6) is 0.417. The lowest BCUT2D eigenvalue weighted by Crippen LogP contribution is -1.99. The van der Waals surface area contributed by atoms with E-state index >= 15 is 0 Å². The zero-order valence-electron chi connectivity index (χ0n) is 6.79. The minimum atomic E-state index is -0.589. The number of carbonyl (C=O) groups excluding carboxylic acids is 3. The zero-order valence-corrected chi connectivity index (χ0v) is 6.79. The van der Waals surface area contributed by atoms with E-state index in [1.165, 1.54) is 19.8 Å². The van der Waals surface area contributed by atoms with Crippen LogP contribution in [0.15, 0.2) is 17.9 Å². The molecule has 12 heavy (non-hydrogen) atoms. The van der Waals surface area contributed by atoms with Gasteiger partial charge in [-0.1, -0.05) is 0 Å². The molecule has 0 aromatic carbocycles. The highest BCUT2D eigenvalue weighted by Crippen LogP contribution is 1.98. The lowest BCUT2D eigenvalue weighted by molar-refractivity contribution is -0.136. The average Bonchev–Trinajstić information content (AvgIpc) is 1.84. The molecule has 64 valence electrons. The first-order chi connectivity index (χ1) is 5.56. The molecule has 0 aromatic heterocycles. The van der Waals surface area contributed by atoms with Crippen LogP contribution in [0.1, 0.15) is 13.8 Å². The molecule has 0 aliphatic heterocycles. The monoisotopic (exact) mass is 168 g/mol. The largest absolute Gasteiger partial charge is 0.426 e. The highest BCUT2D eigenvalue weighted by Gasteiger charge is 1.99. The predicted octanol–water partition coefficient (Wildman–Crippen LogP) is 0.410. The van der Waals surface area contributed by atoms with Crippen molar-refractivity contribution in [2.24, 2.45) is 0 Å². The molecule has 0 saturated carbocycles. The number of carbonyl (C=O) groups is 2. The molecule has 0 saturated heterocycles. The van der Waals surface area contributed by atoms with Gasteiger partial charge in [0, 0.05) is 13.0 Å². The van der Waals surface area contributed by atoms with Gasteiger partial charge in [0.15, 0.2) is 5.78 Å². The molecule has 0 aliphatic rings. The summed E-state index contributed by atoms with van der Waals surface area (Å²) in [6.45, 7) is 2.45. The van der Waals surface area contributed by atoms with Crippen LogP contribution >= 0.6 is 0 Å². The molecular formula is C8H8O4. The van der Waals surface area contributed by atoms with Crippen LogP contribution in [-0.2, 0) is 19.1 Å². The molecule has 4 nitrogen and oxygen atoms in total. The zero-order chi connectivity index (χ0) is 9.56. The quantitative estimate of drug-likeness (QED) is 0.201. The van der Waals surface area contributed by atoms with Crippen LogP contribution in [0.3, 0.4) is 0 Å². The fraction of sp³-hybridized carbons (Fsp3) is 0.250. The molecule has 0 aliphatic carbocycles. The third-order valence-electron chi connectivity index (χ3n) is 0.808. The Hall–Kier alpha value is -1.67. The summed E-state index contributed by atoms with van der Waals surface area (Å²) >= 11 is 0. The molecule has 0 N–H and O–H groups in total. The number of hydrogen-bond donors (Lipinski definition) is 0. The Bertz CT molecular complexity index is 269. The molecule has 0 heterocycles. The molecule has 0 fully saturated rings. The van der Waals surface area contributed by atoms with Gasteiger partial charge in [-0.15, -0.1) is 0 Å². The summed E-state index contributed by atoms with van der Waals surface area (Å²) in [6.07, 6.45) is 1.91. The van der Waals surface area contributed by atoms with Gasteiger partial charge in [0.25, 0.3) is 0 Å². The standard InChI is InChI=1S/C8H8O4/c1-6(10)5-8(3-4-9)12-7(2)11/h3,5H,1-2H3/b8-5-. The van der Waals surface area contributed by atoms with Crippen molar-refractivity contribution in [3.05, 3.63) is 17.9 Å². The maximum atomic E-state index is 10.5. The van der Waals surface area contributed by atoms with E-state index in [1.54, 1.807) is 0 Å². The second-order valence-electron chi connectivity index (χ2n) is 2.01. The van der Waals surface area contributed by atoms with Crippen LogP contribution in [-0.4, -0.2) is 17.7 Å². The Balaban J connectivity index is 4.54. The highest BCUT2D eigenvalue weighted by molar-refractivity contribution is 5.89. The summed E-state index contributed by atoms with van der Waals surface area (Å²) in [5.41, 5.74) is 0. The molecule has 4 heteroatoms. The first-order valence-electron chi connectivity index (χ1n) is 3.18. The van der Waals surface area contributed by atoms with Gasteiger partial charge in [0.05, 0.1) is 6.08 Å². The summed E-state index contributed by atoms with van der Waals surface area (Å²) in [7, 11) is 0. The predicted molar refractivity (Wildman–Crippen MR) is 40.8 cm³/mol.